The Morgan fingerprint density at radius 3 is 2.58 bits per heavy atom. The average Bonchev–Trinajstić information content (AvgIpc) is 1.82. The van der Waals surface area contributed by atoms with Gasteiger partial charge < -0.3 is 5.32 Å². The maximum atomic E-state index is 5.64. The van der Waals surface area contributed by atoms with Crippen molar-refractivity contribution in [3.63, 3.8) is 0 Å². The van der Waals surface area contributed by atoms with E-state index in [1.165, 1.54) is 12.8 Å². The summed E-state index contributed by atoms with van der Waals surface area (Å²) >= 11 is 5.64. The molecular weight excluding hydrogens is 170 g/mol. The van der Waals surface area contributed by atoms with Crippen LogP contribution in [0.2, 0.25) is 0 Å². The van der Waals surface area contributed by atoms with Crippen molar-refractivity contribution in [1.29, 1.82) is 0 Å². The van der Waals surface area contributed by atoms with Gasteiger partial charge >= 0.3 is 0 Å². The molecule has 0 bridgehead atoms. The molecule has 0 atom stereocenters. The van der Waals surface area contributed by atoms with Crippen LogP contribution in [0.5, 0.6) is 0 Å². The Balaban J connectivity index is 2.06. The number of nitrogens with one attached hydrogen (secondary N) is 1. The first kappa shape index (κ1) is 10.1. The Kier molecular flexibility index (Phi) is 3.60. The first-order chi connectivity index (χ1) is 5.59. The van der Waals surface area contributed by atoms with E-state index in [1.807, 2.05) is 0 Å². The third-order valence-electron chi connectivity index (χ3n) is 2.70. The van der Waals surface area contributed by atoms with Gasteiger partial charge in [-0.25, -0.2) is 0 Å². The van der Waals surface area contributed by atoms with E-state index >= 15 is 0 Å². The molecule has 1 saturated carbocycles. The molecule has 0 radical (unpaired) electrons. The minimum atomic E-state index is 0.688. The highest BCUT2D eigenvalue weighted by molar-refractivity contribution is 6.29. The monoisotopic (exact) mass is 187 g/mol. The minimum Gasteiger partial charge on any atom is -0.309 e. The van der Waals surface area contributed by atoms with Crippen LogP contribution in [-0.2, 0) is 0 Å². The normalized spacial score (nSPS) is 28.7. The summed E-state index contributed by atoms with van der Waals surface area (Å²) in [6.07, 6.45) is 2.61. The number of hydrogen-bond donors (Lipinski definition) is 1. The number of hydrogen-bond acceptors (Lipinski definition) is 1. The van der Waals surface area contributed by atoms with Crippen LogP contribution in [0, 0.1) is 11.8 Å². The highest BCUT2D eigenvalue weighted by Crippen LogP contribution is 2.33. The molecule has 70 valence electrons. The SMILES string of the molecule is C=C(Cl)CNC1CC(C(C)C)C1. The van der Waals surface area contributed by atoms with E-state index in [4.69, 9.17) is 11.6 Å². The third kappa shape index (κ3) is 2.80. The highest BCUT2D eigenvalue weighted by atomic mass is 35.5. The molecule has 1 aliphatic carbocycles. The van der Waals surface area contributed by atoms with Crippen LogP contribution in [-0.4, -0.2) is 12.6 Å². The van der Waals surface area contributed by atoms with E-state index in [9.17, 15) is 0 Å². The Morgan fingerprint density at radius 1 is 1.58 bits per heavy atom. The van der Waals surface area contributed by atoms with E-state index in [2.05, 4.69) is 25.7 Å². The van der Waals surface area contributed by atoms with Gasteiger partial charge in [0, 0.05) is 17.6 Å². The Morgan fingerprint density at radius 2 is 2.17 bits per heavy atom. The van der Waals surface area contributed by atoms with Crippen molar-refractivity contribution in [1.82, 2.24) is 5.32 Å². The van der Waals surface area contributed by atoms with Crippen molar-refractivity contribution < 1.29 is 0 Å². The molecule has 1 fully saturated rings. The molecule has 0 spiro atoms. The van der Waals surface area contributed by atoms with Gasteiger partial charge in [-0.3, -0.25) is 0 Å². The van der Waals surface area contributed by atoms with Crippen molar-refractivity contribution in [2.45, 2.75) is 32.7 Å². The lowest BCUT2D eigenvalue weighted by Gasteiger charge is -2.38. The van der Waals surface area contributed by atoms with Gasteiger partial charge in [0.15, 0.2) is 0 Å². The van der Waals surface area contributed by atoms with Gasteiger partial charge in [-0.1, -0.05) is 32.0 Å². The zero-order valence-electron chi connectivity index (χ0n) is 7.94. The molecule has 0 saturated heterocycles. The van der Waals surface area contributed by atoms with Crippen molar-refractivity contribution in [3.05, 3.63) is 11.6 Å². The molecule has 2 heteroatoms. The largest absolute Gasteiger partial charge is 0.309 e. The number of rotatable bonds is 4. The highest BCUT2D eigenvalue weighted by Gasteiger charge is 2.30. The molecule has 0 aromatic rings. The van der Waals surface area contributed by atoms with Crippen LogP contribution in [0.1, 0.15) is 26.7 Å². The fraction of sp³-hybridized carbons (Fsp3) is 0.800. The Labute approximate surface area is 80.2 Å². The van der Waals surface area contributed by atoms with E-state index in [-0.39, 0.29) is 0 Å². The summed E-state index contributed by atoms with van der Waals surface area (Å²) in [5.41, 5.74) is 0. The fourth-order valence-electron chi connectivity index (χ4n) is 1.63. The quantitative estimate of drug-likeness (QED) is 0.714. The summed E-state index contributed by atoms with van der Waals surface area (Å²) in [4.78, 5) is 0. The predicted octanol–water partition coefficient (Wildman–Crippen LogP) is 2.76. The summed E-state index contributed by atoms with van der Waals surface area (Å²) in [6.45, 7) is 8.99. The van der Waals surface area contributed by atoms with Crippen LogP contribution in [0.4, 0.5) is 0 Å². The molecule has 1 aliphatic rings. The van der Waals surface area contributed by atoms with Crippen molar-refractivity contribution in [2.24, 2.45) is 11.8 Å². The molecule has 1 N–H and O–H groups in total. The molecule has 0 amide bonds. The van der Waals surface area contributed by atoms with Crippen LogP contribution >= 0.6 is 11.6 Å². The average molecular weight is 188 g/mol. The Bertz CT molecular complexity index is 159. The van der Waals surface area contributed by atoms with Gasteiger partial charge in [0.25, 0.3) is 0 Å². The maximum Gasteiger partial charge on any atom is 0.0310 e. The third-order valence-corrected chi connectivity index (χ3v) is 2.83. The van der Waals surface area contributed by atoms with Crippen LogP contribution in [0.3, 0.4) is 0 Å². The van der Waals surface area contributed by atoms with Gasteiger partial charge in [-0.05, 0) is 24.7 Å². The molecule has 12 heavy (non-hydrogen) atoms. The molecule has 0 aromatic carbocycles. The topological polar surface area (TPSA) is 12.0 Å². The van der Waals surface area contributed by atoms with E-state index in [0.717, 1.165) is 18.4 Å². The Hall–Kier alpha value is -0.0100. The maximum absolute atomic E-state index is 5.64. The summed E-state index contributed by atoms with van der Waals surface area (Å²) < 4.78 is 0. The summed E-state index contributed by atoms with van der Waals surface area (Å²) in [5.74, 6) is 1.76. The molecule has 0 unspecified atom stereocenters. The summed E-state index contributed by atoms with van der Waals surface area (Å²) in [5, 5.41) is 4.08. The molecule has 1 nitrogen and oxygen atoms in total. The van der Waals surface area contributed by atoms with Gasteiger partial charge in [0.05, 0.1) is 0 Å². The lowest BCUT2D eigenvalue weighted by molar-refractivity contribution is 0.172. The summed E-state index contributed by atoms with van der Waals surface area (Å²) in [7, 11) is 0. The fourth-order valence-corrected chi connectivity index (χ4v) is 1.71. The number of halogens is 1. The first-order valence-corrected chi connectivity index (χ1v) is 5.04. The van der Waals surface area contributed by atoms with Crippen LogP contribution < -0.4 is 5.32 Å². The van der Waals surface area contributed by atoms with E-state index < -0.39 is 0 Å². The van der Waals surface area contributed by atoms with Crippen LogP contribution in [0.25, 0.3) is 0 Å². The van der Waals surface area contributed by atoms with Crippen molar-refractivity contribution in [2.75, 3.05) is 6.54 Å². The second-order valence-electron chi connectivity index (χ2n) is 4.07. The minimum absolute atomic E-state index is 0.688. The zero-order valence-corrected chi connectivity index (χ0v) is 8.69. The van der Waals surface area contributed by atoms with Gasteiger partial charge in [0.1, 0.15) is 0 Å². The second-order valence-corrected chi connectivity index (χ2v) is 4.61. The van der Waals surface area contributed by atoms with Crippen molar-refractivity contribution in [3.8, 4) is 0 Å². The van der Waals surface area contributed by atoms with E-state index in [0.29, 0.717) is 11.1 Å². The van der Waals surface area contributed by atoms with Gasteiger partial charge in [-0.15, -0.1) is 0 Å². The molecule has 0 heterocycles. The lowest BCUT2D eigenvalue weighted by atomic mass is 9.74. The molecule has 0 aromatic heterocycles. The lowest BCUT2D eigenvalue weighted by Crippen LogP contribution is -2.43. The molecule has 0 aliphatic heterocycles. The van der Waals surface area contributed by atoms with E-state index in [1.54, 1.807) is 0 Å². The second kappa shape index (κ2) is 4.29. The van der Waals surface area contributed by atoms with Gasteiger partial charge in [-0.2, -0.15) is 0 Å². The smallest absolute Gasteiger partial charge is 0.0310 e. The van der Waals surface area contributed by atoms with Crippen LogP contribution in [0.15, 0.2) is 11.6 Å². The zero-order chi connectivity index (χ0) is 9.14. The summed E-state index contributed by atoms with van der Waals surface area (Å²) in [6, 6.07) is 0.688. The predicted molar refractivity (Wildman–Crippen MR) is 54.3 cm³/mol. The standard InChI is InChI=1S/C10H18ClN/c1-7(2)9-4-10(5-9)12-6-8(3)11/h7,9-10,12H,3-6H2,1-2H3. The van der Waals surface area contributed by atoms with Crippen molar-refractivity contribution >= 4 is 11.6 Å². The van der Waals surface area contributed by atoms with Gasteiger partial charge in [0.2, 0.25) is 0 Å². The first-order valence-electron chi connectivity index (χ1n) is 4.66. The molecular formula is C10H18ClN. The molecule has 1 rings (SSSR count).